The Kier molecular flexibility index (Phi) is 3.25. The molecule has 3 N–H and O–H groups in total. The summed E-state index contributed by atoms with van der Waals surface area (Å²) in [5.74, 6) is -0.342. The highest BCUT2D eigenvalue weighted by Gasteiger charge is 2.05. The van der Waals surface area contributed by atoms with Crippen molar-refractivity contribution >= 4 is 0 Å². The molecule has 0 unspecified atom stereocenters. The topological polar surface area (TPSA) is 46.2 Å². The van der Waals surface area contributed by atoms with Gasteiger partial charge >= 0.3 is 0 Å². The number of hydrogen-bond donors (Lipinski definition) is 2. The van der Waals surface area contributed by atoms with Crippen LogP contribution in [-0.2, 0) is 6.42 Å². The second-order valence-corrected chi connectivity index (χ2v) is 3.12. The lowest BCUT2D eigenvalue weighted by Crippen LogP contribution is -2.01. The molecule has 0 atom stereocenters. The van der Waals surface area contributed by atoms with Crippen LogP contribution in [0.25, 0.3) is 0 Å². The predicted octanol–water partition coefficient (Wildman–Crippen LogP) is 1.73. The Labute approximate surface area is 77.2 Å². The molecule has 0 heterocycles. The normalized spacial score (nSPS) is 10.4. The number of phenols is 1. The molecule has 2 nitrogen and oxygen atoms in total. The molecule has 3 heteroatoms. The number of benzene rings is 1. The highest BCUT2D eigenvalue weighted by atomic mass is 19.1. The third-order valence-corrected chi connectivity index (χ3v) is 2.02. The fourth-order valence-electron chi connectivity index (χ4n) is 1.21. The molecule has 1 aromatic rings. The van der Waals surface area contributed by atoms with Crippen molar-refractivity contribution in [1.82, 2.24) is 0 Å². The van der Waals surface area contributed by atoms with Crippen molar-refractivity contribution in [3.05, 3.63) is 29.1 Å². The zero-order valence-corrected chi connectivity index (χ0v) is 7.68. The molecule has 0 bridgehead atoms. The monoisotopic (exact) mass is 183 g/mol. The minimum absolute atomic E-state index is 0.00833. The third-order valence-electron chi connectivity index (χ3n) is 2.02. The van der Waals surface area contributed by atoms with Crippen molar-refractivity contribution in [2.24, 2.45) is 5.73 Å². The van der Waals surface area contributed by atoms with Crippen LogP contribution >= 0.6 is 0 Å². The Morgan fingerprint density at radius 2 is 2.15 bits per heavy atom. The zero-order chi connectivity index (χ0) is 9.84. The first-order chi connectivity index (χ1) is 6.15. The summed E-state index contributed by atoms with van der Waals surface area (Å²) in [6.07, 6.45) is 1.39. The molecule has 0 saturated carbocycles. The van der Waals surface area contributed by atoms with Gasteiger partial charge in [-0.1, -0.05) is 0 Å². The number of aryl methyl sites for hydroxylation is 2. The molecule has 13 heavy (non-hydrogen) atoms. The molecule has 0 aliphatic heterocycles. The van der Waals surface area contributed by atoms with Crippen LogP contribution in [0.15, 0.2) is 12.1 Å². The summed E-state index contributed by atoms with van der Waals surface area (Å²) in [6.45, 7) is 2.31. The van der Waals surface area contributed by atoms with Crippen LogP contribution in [0.2, 0.25) is 0 Å². The maximum atomic E-state index is 13.2. The average Bonchev–Trinajstić information content (AvgIpc) is 2.09. The van der Waals surface area contributed by atoms with E-state index in [9.17, 15) is 9.50 Å². The van der Waals surface area contributed by atoms with E-state index in [-0.39, 0.29) is 11.6 Å². The van der Waals surface area contributed by atoms with Gasteiger partial charge in [0, 0.05) is 6.07 Å². The van der Waals surface area contributed by atoms with Crippen molar-refractivity contribution in [2.45, 2.75) is 19.8 Å². The number of rotatable bonds is 3. The van der Waals surface area contributed by atoms with E-state index in [4.69, 9.17) is 5.73 Å². The summed E-state index contributed by atoms with van der Waals surface area (Å²) in [5.41, 5.74) is 6.65. The molecular formula is C10H14FNO. The van der Waals surface area contributed by atoms with Crippen molar-refractivity contribution in [3.63, 3.8) is 0 Å². The van der Waals surface area contributed by atoms with E-state index in [1.165, 1.54) is 0 Å². The molecule has 0 radical (unpaired) electrons. The summed E-state index contributed by atoms with van der Waals surface area (Å²) < 4.78 is 13.2. The lowest BCUT2D eigenvalue weighted by atomic mass is 10.1. The van der Waals surface area contributed by atoms with Gasteiger partial charge in [-0.15, -0.1) is 0 Å². The van der Waals surface area contributed by atoms with Gasteiger partial charge in [-0.3, -0.25) is 0 Å². The maximum Gasteiger partial charge on any atom is 0.130 e. The molecule has 0 aliphatic carbocycles. The summed E-state index contributed by atoms with van der Waals surface area (Å²) in [4.78, 5) is 0. The highest BCUT2D eigenvalue weighted by Crippen LogP contribution is 2.21. The van der Waals surface area contributed by atoms with Gasteiger partial charge in [-0.25, -0.2) is 4.39 Å². The van der Waals surface area contributed by atoms with Crippen LogP contribution in [0.3, 0.4) is 0 Å². The summed E-state index contributed by atoms with van der Waals surface area (Å²) in [7, 11) is 0. The fourth-order valence-corrected chi connectivity index (χ4v) is 1.21. The average molecular weight is 183 g/mol. The van der Waals surface area contributed by atoms with Crippen molar-refractivity contribution in [3.8, 4) is 5.75 Å². The molecular weight excluding hydrogens is 169 g/mol. The molecule has 0 aliphatic rings. The molecule has 72 valence electrons. The summed E-state index contributed by atoms with van der Waals surface area (Å²) in [5, 5.41) is 9.19. The van der Waals surface area contributed by atoms with Crippen LogP contribution < -0.4 is 5.73 Å². The van der Waals surface area contributed by atoms with Gasteiger partial charge in [0.15, 0.2) is 0 Å². The zero-order valence-electron chi connectivity index (χ0n) is 7.68. The van der Waals surface area contributed by atoms with Crippen LogP contribution in [0.5, 0.6) is 5.75 Å². The molecule has 0 amide bonds. The van der Waals surface area contributed by atoms with Gasteiger partial charge in [0.05, 0.1) is 0 Å². The van der Waals surface area contributed by atoms with Crippen molar-refractivity contribution < 1.29 is 9.50 Å². The Morgan fingerprint density at radius 3 is 2.77 bits per heavy atom. The van der Waals surface area contributed by atoms with Gasteiger partial charge in [0.1, 0.15) is 11.6 Å². The second-order valence-electron chi connectivity index (χ2n) is 3.12. The maximum absolute atomic E-state index is 13.2. The SMILES string of the molecule is Cc1cc(CCCN)c(F)cc1O. The van der Waals surface area contributed by atoms with E-state index in [0.717, 1.165) is 12.5 Å². The molecule has 1 aromatic carbocycles. The van der Waals surface area contributed by atoms with E-state index in [1.54, 1.807) is 13.0 Å². The largest absolute Gasteiger partial charge is 0.508 e. The van der Waals surface area contributed by atoms with Crippen molar-refractivity contribution in [2.75, 3.05) is 6.54 Å². The third kappa shape index (κ3) is 2.42. The van der Waals surface area contributed by atoms with Gasteiger partial charge in [-0.05, 0) is 43.5 Å². The fraction of sp³-hybridized carbons (Fsp3) is 0.400. The smallest absolute Gasteiger partial charge is 0.130 e. The lowest BCUT2D eigenvalue weighted by molar-refractivity contribution is 0.463. The minimum atomic E-state index is -0.350. The Balaban J connectivity index is 2.88. The number of nitrogens with two attached hydrogens (primary N) is 1. The van der Waals surface area contributed by atoms with E-state index in [2.05, 4.69) is 0 Å². The molecule has 0 fully saturated rings. The number of hydrogen-bond acceptors (Lipinski definition) is 2. The summed E-state index contributed by atoms with van der Waals surface area (Å²) in [6, 6.07) is 2.82. The van der Waals surface area contributed by atoms with E-state index < -0.39 is 0 Å². The van der Waals surface area contributed by atoms with Gasteiger partial charge in [0.2, 0.25) is 0 Å². The van der Waals surface area contributed by atoms with Crippen LogP contribution in [0.1, 0.15) is 17.5 Å². The van der Waals surface area contributed by atoms with E-state index in [0.29, 0.717) is 24.1 Å². The molecule has 1 rings (SSSR count). The molecule has 0 aromatic heterocycles. The van der Waals surface area contributed by atoms with Crippen LogP contribution in [0.4, 0.5) is 4.39 Å². The first-order valence-electron chi connectivity index (χ1n) is 4.33. The first-order valence-corrected chi connectivity index (χ1v) is 4.33. The second kappa shape index (κ2) is 4.23. The summed E-state index contributed by atoms with van der Waals surface area (Å²) >= 11 is 0. The highest BCUT2D eigenvalue weighted by molar-refractivity contribution is 5.36. The number of phenolic OH excluding ortho intramolecular Hbond substituents is 1. The lowest BCUT2D eigenvalue weighted by Gasteiger charge is -2.05. The number of aromatic hydroxyl groups is 1. The number of halogens is 1. The standard InChI is InChI=1S/C10H14FNO/c1-7-5-8(3-2-4-12)9(11)6-10(7)13/h5-6,13H,2-4,12H2,1H3. The Hall–Kier alpha value is -1.09. The molecule has 0 saturated heterocycles. The van der Waals surface area contributed by atoms with E-state index in [1.807, 2.05) is 0 Å². The Morgan fingerprint density at radius 1 is 1.46 bits per heavy atom. The predicted molar refractivity (Wildman–Crippen MR) is 50.2 cm³/mol. The van der Waals surface area contributed by atoms with E-state index >= 15 is 0 Å². The van der Waals surface area contributed by atoms with Gasteiger partial charge in [-0.2, -0.15) is 0 Å². The minimum Gasteiger partial charge on any atom is -0.508 e. The molecule has 0 spiro atoms. The first kappa shape index (κ1) is 9.99. The van der Waals surface area contributed by atoms with Gasteiger partial charge in [0.25, 0.3) is 0 Å². The van der Waals surface area contributed by atoms with Crippen LogP contribution in [0, 0.1) is 12.7 Å². The Bertz CT molecular complexity index is 299. The van der Waals surface area contributed by atoms with Gasteiger partial charge < -0.3 is 10.8 Å². The quantitative estimate of drug-likeness (QED) is 0.749. The van der Waals surface area contributed by atoms with Crippen LogP contribution in [-0.4, -0.2) is 11.7 Å². The van der Waals surface area contributed by atoms with Crippen molar-refractivity contribution in [1.29, 1.82) is 0 Å².